The summed E-state index contributed by atoms with van der Waals surface area (Å²) in [6.45, 7) is 7.36. The molecule has 18 atom stereocenters. The Labute approximate surface area is 282 Å². The van der Waals surface area contributed by atoms with Gasteiger partial charge in [0, 0.05) is 12.3 Å². The van der Waals surface area contributed by atoms with Crippen LogP contribution in [0.15, 0.2) is 12.2 Å². The van der Waals surface area contributed by atoms with Crippen molar-refractivity contribution in [2.75, 3.05) is 13.2 Å². The summed E-state index contributed by atoms with van der Waals surface area (Å²) >= 11 is 0. The lowest BCUT2D eigenvalue weighted by Gasteiger charge is -2.65. The summed E-state index contributed by atoms with van der Waals surface area (Å²) in [5, 5.41) is 87.5. The summed E-state index contributed by atoms with van der Waals surface area (Å²) in [4.78, 5) is 0. The molecule has 4 saturated carbocycles. The molecule has 0 aromatic rings. The van der Waals surface area contributed by atoms with E-state index in [9.17, 15) is 49.3 Å². The highest BCUT2D eigenvalue weighted by atomic mass is 32.3. The lowest BCUT2D eigenvalue weighted by molar-refractivity contribution is -0.297. The topological polar surface area (TPSA) is 244 Å². The minimum absolute atomic E-state index is 0.0543. The molecule has 1 saturated heterocycles. The van der Waals surface area contributed by atoms with Gasteiger partial charge in [0.15, 0.2) is 6.29 Å². The quantitative estimate of drug-likeness (QED) is 0.106. The number of rotatable bonds is 10. The van der Waals surface area contributed by atoms with Crippen molar-refractivity contribution >= 4 is 10.4 Å². The Kier molecular flexibility index (Phi) is 11.2. The van der Waals surface area contributed by atoms with Gasteiger partial charge in [-0.25, -0.2) is 4.18 Å². The third-order valence-corrected chi connectivity index (χ3v) is 13.5. The van der Waals surface area contributed by atoms with Crippen molar-refractivity contribution < 1.29 is 67.5 Å². The number of allylic oxidation sites excluding steroid dienone is 2. The summed E-state index contributed by atoms with van der Waals surface area (Å²) in [5.74, 6) is -1.53. The molecule has 1 heterocycles. The van der Waals surface area contributed by atoms with Crippen molar-refractivity contribution in [2.45, 2.75) is 133 Å². The fourth-order valence-corrected chi connectivity index (χ4v) is 11.4. The molecule has 15 heteroatoms. The Balaban J connectivity index is 1.22. The van der Waals surface area contributed by atoms with Crippen LogP contribution >= 0.6 is 0 Å². The van der Waals surface area contributed by atoms with Crippen LogP contribution in [0.3, 0.4) is 0 Å². The average molecular weight is 709 g/mol. The van der Waals surface area contributed by atoms with E-state index >= 15 is 0 Å². The molecule has 0 unspecified atom stereocenters. The molecule has 4 aliphatic carbocycles. The van der Waals surface area contributed by atoms with E-state index in [1.807, 2.05) is 32.9 Å². The SMILES string of the molecule is C[C@H](/C=C/[C@@H](C)[C@H]1[C@@H](O)[C@@H](O)[C@@H]2[C@]1(C)CC[C@@H]1[C@@]3(C)CC[C@H](O)C[C@@H]3[C@@H](O)C[C@]12O)CCO[C@@H]1O[C@H](CO)[C@@H](OS(=O)(=O)O)[C@H](O)[C@H]1O. The summed E-state index contributed by atoms with van der Waals surface area (Å²) in [7, 11) is -5.00. The normalized spacial score (nSPS) is 50.8. The fourth-order valence-electron chi connectivity index (χ4n) is 10.8. The van der Waals surface area contributed by atoms with Crippen molar-refractivity contribution in [1.29, 1.82) is 0 Å². The summed E-state index contributed by atoms with van der Waals surface area (Å²) in [6.07, 6.45) is -3.92. The molecule has 0 aromatic heterocycles. The van der Waals surface area contributed by atoms with Gasteiger partial charge in [-0.3, -0.25) is 4.55 Å². The number of ether oxygens (including phenoxy) is 2. The van der Waals surface area contributed by atoms with E-state index in [1.165, 1.54) is 0 Å². The first-order chi connectivity index (χ1) is 22.3. The predicted molar refractivity (Wildman–Crippen MR) is 169 cm³/mol. The van der Waals surface area contributed by atoms with E-state index in [2.05, 4.69) is 11.1 Å². The fraction of sp³-hybridized carbons (Fsp3) is 0.939. The molecular formula is C33H56O14S. The third-order valence-electron chi connectivity index (χ3n) is 13.0. The van der Waals surface area contributed by atoms with Crippen LogP contribution in [0.25, 0.3) is 0 Å². The minimum atomic E-state index is -5.00. The van der Waals surface area contributed by atoms with E-state index < -0.39 is 89.1 Å². The van der Waals surface area contributed by atoms with Crippen molar-refractivity contribution in [1.82, 2.24) is 0 Å². The zero-order chi connectivity index (χ0) is 35.6. The second-order valence-corrected chi connectivity index (χ2v) is 17.0. The molecule has 0 bridgehead atoms. The van der Waals surface area contributed by atoms with E-state index in [1.54, 1.807) is 0 Å². The maximum Gasteiger partial charge on any atom is 0.397 e. The van der Waals surface area contributed by atoms with Crippen LogP contribution in [0.5, 0.6) is 0 Å². The Morgan fingerprint density at radius 2 is 1.60 bits per heavy atom. The van der Waals surface area contributed by atoms with Gasteiger partial charge in [0.1, 0.15) is 24.4 Å². The van der Waals surface area contributed by atoms with Crippen molar-refractivity contribution in [2.24, 2.45) is 46.3 Å². The highest BCUT2D eigenvalue weighted by Gasteiger charge is 2.72. The second kappa shape index (κ2) is 14.0. The maximum atomic E-state index is 12.5. The van der Waals surface area contributed by atoms with Gasteiger partial charge in [0.2, 0.25) is 0 Å². The van der Waals surface area contributed by atoms with Crippen LogP contribution in [0, 0.1) is 46.3 Å². The molecule has 9 N–H and O–H groups in total. The van der Waals surface area contributed by atoms with Crippen LogP contribution in [0.4, 0.5) is 0 Å². The van der Waals surface area contributed by atoms with Crippen molar-refractivity contribution in [3.05, 3.63) is 12.2 Å². The smallest absolute Gasteiger partial charge is 0.394 e. The molecule has 0 aromatic carbocycles. The van der Waals surface area contributed by atoms with Crippen molar-refractivity contribution in [3.63, 3.8) is 0 Å². The Hall–Kier alpha value is -0.790. The first kappa shape index (κ1) is 38.4. The first-order valence-electron chi connectivity index (χ1n) is 17.3. The number of fused-ring (bicyclic) bond motifs is 5. The van der Waals surface area contributed by atoms with Gasteiger partial charge in [-0.05, 0) is 78.9 Å². The molecule has 5 fully saturated rings. The zero-order valence-electron chi connectivity index (χ0n) is 28.2. The molecule has 278 valence electrons. The van der Waals surface area contributed by atoms with Gasteiger partial charge < -0.3 is 50.3 Å². The average Bonchev–Trinajstić information content (AvgIpc) is 3.20. The van der Waals surface area contributed by atoms with Crippen LogP contribution < -0.4 is 0 Å². The first-order valence-corrected chi connectivity index (χ1v) is 18.7. The highest BCUT2D eigenvalue weighted by molar-refractivity contribution is 7.80. The molecule has 48 heavy (non-hydrogen) atoms. The van der Waals surface area contributed by atoms with E-state index in [4.69, 9.17) is 14.0 Å². The van der Waals surface area contributed by atoms with Crippen LogP contribution in [-0.2, 0) is 24.1 Å². The lowest BCUT2D eigenvalue weighted by atomic mass is 9.42. The molecular weight excluding hydrogens is 652 g/mol. The zero-order valence-corrected chi connectivity index (χ0v) is 29.0. The number of aliphatic hydroxyl groups excluding tert-OH is 7. The molecule has 0 amide bonds. The summed E-state index contributed by atoms with van der Waals surface area (Å²) in [5.41, 5.74) is -2.35. The van der Waals surface area contributed by atoms with Gasteiger partial charge in [0.05, 0.1) is 43.2 Å². The Morgan fingerprint density at radius 3 is 2.25 bits per heavy atom. The monoisotopic (exact) mass is 708 g/mol. The molecule has 0 spiro atoms. The van der Waals surface area contributed by atoms with Crippen LogP contribution in [0.2, 0.25) is 0 Å². The molecule has 14 nitrogen and oxygen atoms in total. The number of hydrogen-bond donors (Lipinski definition) is 9. The van der Waals surface area contributed by atoms with Crippen LogP contribution in [0.1, 0.15) is 72.6 Å². The maximum absolute atomic E-state index is 12.5. The van der Waals surface area contributed by atoms with Gasteiger partial charge >= 0.3 is 10.4 Å². The highest BCUT2D eigenvalue weighted by Crippen LogP contribution is 2.69. The van der Waals surface area contributed by atoms with E-state index in [0.717, 1.165) is 0 Å². The summed E-state index contributed by atoms with van der Waals surface area (Å²) < 4.78 is 46.6. The van der Waals surface area contributed by atoms with Gasteiger partial charge in [-0.2, -0.15) is 8.42 Å². The van der Waals surface area contributed by atoms with Gasteiger partial charge in [0.25, 0.3) is 0 Å². The Bertz CT molecular complexity index is 1260. The molecule has 1 aliphatic heterocycles. The molecule has 5 aliphatic rings. The number of hydrogen-bond acceptors (Lipinski definition) is 13. The minimum Gasteiger partial charge on any atom is -0.394 e. The van der Waals surface area contributed by atoms with Gasteiger partial charge in [-0.1, -0.05) is 39.8 Å². The summed E-state index contributed by atoms with van der Waals surface area (Å²) in [6, 6.07) is 0. The van der Waals surface area contributed by atoms with Crippen molar-refractivity contribution in [3.8, 4) is 0 Å². The predicted octanol–water partition coefficient (Wildman–Crippen LogP) is -0.104. The lowest BCUT2D eigenvalue weighted by Crippen LogP contribution is -2.68. The molecule has 0 radical (unpaired) electrons. The standard InChI is InChI=1S/C33H56O14S/c1-16(9-12-45-30-27(40)25(38)28(21(15-34)46-30)47-48(42,43)44)5-6-17(2)23-24(37)26(39)29-32(23,4)11-8-22-31(3)10-7-18(35)13-19(31)20(36)14-33(22,29)41/h5-6,16-30,34-41H,7-15H2,1-4H3,(H,42,43,44)/b6-5+/t16-,17-,18+,19-,20+,21-,22-,23+,24-,25-,26-,27-,28-,29-,30-,31+,32-,33+/m1/s1. The largest absolute Gasteiger partial charge is 0.397 e. The number of aliphatic hydroxyl groups is 8. The molecule has 5 rings (SSSR count). The Morgan fingerprint density at radius 1 is 0.938 bits per heavy atom. The third kappa shape index (κ3) is 6.77. The van der Waals surface area contributed by atoms with Gasteiger partial charge in [-0.15, -0.1) is 0 Å². The van der Waals surface area contributed by atoms with E-state index in [-0.39, 0.29) is 48.0 Å². The van der Waals surface area contributed by atoms with E-state index in [0.29, 0.717) is 38.5 Å². The second-order valence-electron chi connectivity index (χ2n) is 16.0. The van der Waals surface area contributed by atoms with Crippen LogP contribution in [-0.4, -0.2) is 128 Å².